The Labute approximate surface area is 272 Å². The van der Waals surface area contributed by atoms with Gasteiger partial charge in [-0.1, -0.05) is 140 Å². The zero-order chi connectivity index (χ0) is 31.1. The predicted octanol–water partition coefficient (Wildman–Crippen LogP) is 11.8. The van der Waals surface area contributed by atoms with Crippen molar-refractivity contribution in [2.75, 3.05) is 4.90 Å². The van der Waals surface area contributed by atoms with Crippen LogP contribution < -0.4 is 4.90 Å². The molecule has 0 N–H and O–H groups in total. The summed E-state index contributed by atoms with van der Waals surface area (Å²) in [6, 6.07) is 64.3. The van der Waals surface area contributed by atoms with Crippen molar-refractivity contribution in [3.63, 3.8) is 0 Å². The molecule has 0 radical (unpaired) electrons. The van der Waals surface area contributed by atoms with Gasteiger partial charge in [0.25, 0.3) is 0 Å². The molecular formula is C45H35N. The largest absolute Gasteiger partial charge is 0.310 e. The van der Waals surface area contributed by atoms with Crippen LogP contribution in [0.3, 0.4) is 0 Å². The van der Waals surface area contributed by atoms with Gasteiger partial charge in [0.15, 0.2) is 0 Å². The van der Waals surface area contributed by atoms with Gasteiger partial charge in [-0.2, -0.15) is 0 Å². The van der Waals surface area contributed by atoms with Crippen LogP contribution in [-0.4, -0.2) is 0 Å². The number of fused-ring (bicyclic) bond motifs is 3. The summed E-state index contributed by atoms with van der Waals surface area (Å²) in [5.74, 6) is 0. The molecule has 0 spiro atoms. The smallest absolute Gasteiger partial charge is 0.0714 e. The van der Waals surface area contributed by atoms with Crippen LogP contribution in [0.15, 0.2) is 176 Å². The van der Waals surface area contributed by atoms with E-state index < -0.39 is 5.41 Å². The quantitative estimate of drug-likeness (QED) is 0.186. The van der Waals surface area contributed by atoms with Crippen LogP contribution in [0.4, 0.5) is 17.1 Å². The molecule has 7 aromatic rings. The van der Waals surface area contributed by atoms with Gasteiger partial charge >= 0.3 is 0 Å². The van der Waals surface area contributed by atoms with Gasteiger partial charge in [-0.15, -0.1) is 0 Å². The molecule has 220 valence electrons. The van der Waals surface area contributed by atoms with E-state index in [0.717, 1.165) is 17.1 Å². The summed E-state index contributed by atoms with van der Waals surface area (Å²) < 4.78 is 0. The van der Waals surface area contributed by atoms with E-state index in [1.54, 1.807) is 0 Å². The highest BCUT2D eigenvalue weighted by Gasteiger charge is 2.46. The minimum absolute atomic E-state index is 0.447. The van der Waals surface area contributed by atoms with Crippen molar-refractivity contribution in [2.24, 2.45) is 0 Å². The lowest BCUT2D eigenvalue weighted by Crippen LogP contribution is -2.28. The van der Waals surface area contributed by atoms with Crippen LogP contribution in [0.5, 0.6) is 0 Å². The fraction of sp³-hybridized carbons (Fsp3) is 0.0667. The molecule has 46 heavy (non-hydrogen) atoms. The maximum atomic E-state index is 2.44. The summed E-state index contributed by atoms with van der Waals surface area (Å²) in [6.07, 6.45) is 0. The molecule has 0 heterocycles. The second kappa shape index (κ2) is 11.4. The monoisotopic (exact) mass is 589 g/mol. The average Bonchev–Trinajstić information content (AvgIpc) is 3.41. The Morgan fingerprint density at radius 2 is 0.826 bits per heavy atom. The number of para-hydroxylation sites is 1. The predicted molar refractivity (Wildman–Crippen MR) is 193 cm³/mol. The Morgan fingerprint density at radius 3 is 1.46 bits per heavy atom. The van der Waals surface area contributed by atoms with E-state index >= 15 is 0 Å². The van der Waals surface area contributed by atoms with Crippen LogP contribution in [-0.2, 0) is 5.41 Å². The first kappa shape index (κ1) is 27.9. The Hall–Kier alpha value is -5.66. The van der Waals surface area contributed by atoms with Gasteiger partial charge in [0.2, 0.25) is 0 Å². The van der Waals surface area contributed by atoms with Gasteiger partial charge in [-0.25, -0.2) is 0 Å². The van der Waals surface area contributed by atoms with E-state index in [0.29, 0.717) is 0 Å². The third-order valence-electron chi connectivity index (χ3n) is 9.62. The van der Waals surface area contributed by atoms with Crippen molar-refractivity contribution in [1.29, 1.82) is 0 Å². The summed E-state index contributed by atoms with van der Waals surface area (Å²) in [7, 11) is 0. The van der Waals surface area contributed by atoms with Crippen molar-refractivity contribution in [1.82, 2.24) is 0 Å². The summed E-state index contributed by atoms with van der Waals surface area (Å²) in [5, 5.41) is 0. The number of rotatable bonds is 6. The number of aryl methyl sites for hydroxylation is 2. The number of anilines is 3. The summed E-state index contributed by atoms with van der Waals surface area (Å²) in [5.41, 5.74) is 15.8. The molecule has 1 aliphatic rings. The number of hydrogen-bond donors (Lipinski definition) is 0. The van der Waals surface area contributed by atoms with Crippen LogP contribution in [0.2, 0.25) is 0 Å². The molecule has 7 aromatic carbocycles. The average molecular weight is 590 g/mol. The van der Waals surface area contributed by atoms with Crippen LogP contribution in [0.25, 0.3) is 22.3 Å². The van der Waals surface area contributed by atoms with Gasteiger partial charge in [-0.05, 0) is 106 Å². The fourth-order valence-electron chi connectivity index (χ4n) is 7.56. The fourth-order valence-corrected chi connectivity index (χ4v) is 7.56. The van der Waals surface area contributed by atoms with E-state index in [9.17, 15) is 0 Å². The Kier molecular flexibility index (Phi) is 6.88. The molecule has 0 amide bonds. The van der Waals surface area contributed by atoms with Gasteiger partial charge in [0.05, 0.1) is 5.41 Å². The maximum absolute atomic E-state index is 2.44. The minimum Gasteiger partial charge on any atom is -0.310 e. The molecule has 1 aliphatic carbocycles. The van der Waals surface area contributed by atoms with Crippen molar-refractivity contribution in [3.8, 4) is 22.3 Å². The second-order valence-electron chi connectivity index (χ2n) is 12.2. The molecule has 0 atom stereocenters. The van der Waals surface area contributed by atoms with Gasteiger partial charge < -0.3 is 4.90 Å². The minimum atomic E-state index is -0.447. The third-order valence-corrected chi connectivity index (χ3v) is 9.62. The van der Waals surface area contributed by atoms with Crippen LogP contribution in [0.1, 0.15) is 33.4 Å². The first-order chi connectivity index (χ1) is 22.7. The standard InChI is InChI=1S/C45H35N/c1-32-16-12-13-23-39(32)40-28-26-37(30-33(40)2)46(36-21-10-5-11-22-36)38-27-29-42-41-24-14-15-25-43(41)45(44(42)31-38,34-17-6-3-7-18-34)35-19-8-4-9-20-35/h3-31H,1-2H3. The van der Waals surface area contributed by atoms with Gasteiger partial charge in [-0.3, -0.25) is 0 Å². The van der Waals surface area contributed by atoms with Crippen molar-refractivity contribution < 1.29 is 0 Å². The van der Waals surface area contributed by atoms with Crippen molar-refractivity contribution in [3.05, 3.63) is 209 Å². The van der Waals surface area contributed by atoms with E-state index in [1.807, 2.05) is 0 Å². The molecular weight excluding hydrogens is 555 g/mol. The number of benzene rings is 7. The van der Waals surface area contributed by atoms with E-state index in [2.05, 4.69) is 195 Å². The number of hydrogen-bond acceptors (Lipinski definition) is 1. The van der Waals surface area contributed by atoms with E-state index in [1.165, 1.54) is 55.6 Å². The van der Waals surface area contributed by atoms with Gasteiger partial charge in [0, 0.05) is 17.1 Å². The zero-order valence-corrected chi connectivity index (χ0v) is 26.2. The van der Waals surface area contributed by atoms with E-state index in [4.69, 9.17) is 0 Å². The molecule has 1 nitrogen and oxygen atoms in total. The number of nitrogens with zero attached hydrogens (tertiary/aromatic N) is 1. The van der Waals surface area contributed by atoms with Crippen molar-refractivity contribution in [2.45, 2.75) is 19.3 Å². The summed E-state index contributed by atoms with van der Waals surface area (Å²) >= 11 is 0. The van der Waals surface area contributed by atoms with Gasteiger partial charge in [0.1, 0.15) is 0 Å². The second-order valence-corrected chi connectivity index (χ2v) is 12.2. The lowest BCUT2D eigenvalue weighted by atomic mass is 9.67. The molecule has 0 aromatic heterocycles. The Bertz CT molecular complexity index is 2120. The molecule has 0 saturated heterocycles. The lowest BCUT2D eigenvalue weighted by molar-refractivity contribution is 0.768. The first-order valence-corrected chi connectivity index (χ1v) is 16.0. The molecule has 0 aliphatic heterocycles. The molecule has 0 unspecified atom stereocenters. The topological polar surface area (TPSA) is 3.24 Å². The molecule has 8 rings (SSSR count). The zero-order valence-electron chi connectivity index (χ0n) is 26.2. The molecule has 0 bridgehead atoms. The molecule has 0 saturated carbocycles. The first-order valence-electron chi connectivity index (χ1n) is 16.0. The lowest BCUT2D eigenvalue weighted by Gasteiger charge is -2.35. The highest BCUT2D eigenvalue weighted by Crippen LogP contribution is 2.57. The van der Waals surface area contributed by atoms with Crippen LogP contribution in [0, 0.1) is 13.8 Å². The Balaban J connectivity index is 1.37. The normalized spacial score (nSPS) is 12.7. The Morgan fingerprint density at radius 1 is 0.348 bits per heavy atom. The van der Waals surface area contributed by atoms with E-state index in [-0.39, 0.29) is 0 Å². The molecule has 1 heteroatoms. The summed E-state index contributed by atoms with van der Waals surface area (Å²) in [6.45, 7) is 4.41. The highest BCUT2D eigenvalue weighted by atomic mass is 15.1. The SMILES string of the molecule is Cc1ccccc1-c1ccc(N(c2ccccc2)c2ccc3c(c2)C(c2ccccc2)(c2ccccc2)c2ccccc2-3)cc1C. The molecule has 0 fully saturated rings. The maximum Gasteiger partial charge on any atom is 0.0714 e. The summed E-state index contributed by atoms with van der Waals surface area (Å²) in [4.78, 5) is 2.40. The van der Waals surface area contributed by atoms with Crippen LogP contribution >= 0.6 is 0 Å². The van der Waals surface area contributed by atoms with Crippen molar-refractivity contribution >= 4 is 17.1 Å². The highest BCUT2D eigenvalue weighted by molar-refractivity contribution is 5.89. The third kappa shape index (κ3) is 4.39.